The Bertz CT molecular complexity index is 881. The Hall–Kier alpha value is -2.29. The number of rotatable bonds is 5. The topological polar surface area (TPSA) is 38.1 Å². The molecule has 3 nitrogen and oxygen atoms in total. The lowest BCUT2D eigenvalue weighted by molar-refractivity contribution is 0.613. The van der Waals surface area contributed by atoms with E-state index in [0.29, 0.717) is 6.04 Å². The maximum atomic E-state index is 5.99. The predicted octanol–water partition coefficient (Wildman–Crippen LogP) is 6.33. The van der Waals surface area contributed by atoms with Crippen LogP contribution in [0, 0.1) is 27.7 Å². The fraction of sp³-hybridized carbons (Fsp3) is 0.409. The van der Waals surface area contributed by atoms with Gasteiger partial charge in [-0.25, -0.2) is 4.98 Å². The van der Waals surface area contributed by atoms with Gasteiger partial charge in [-0.1, -0.05) is 31.5 Å². The van der Waals surface area contributed by atoms with Crippen molar-refractivity contribution in [2.75, 3.05) is 5.32 Å². The summed E-state index contributed by atoms with van der Waals surface area (Å²) in [6.07, 6.45) is 4.03. The number of hydrogen-bond acceptors (Lipinski definition) is 3. The van der Waals surface area contributed by atoms with Gasteiger partial charge in [0.25, 0.3) is 0 Å². The van der Waals surface area contributed by atoms with Crippen LogP contribution in [-0.4, -0.2) is 11.0 Å². The average Bonchev–Trinajstić information content (AvgIpc) is 2.95. The molecular formula is C22H28N2O. The fourth-order valence-electron chi connectivity index (χ4n) is 3.74. The zero-order valence-electron chi connectivity index (χ0n) is 16.2. The molecule has 3 rings (SSSR count). The molecule has 3 aromatic rings. The van der Waals surface area contributed by atoms with Gasteiger partial charge in [0.05, 0.1) is 5.69 Å². The number of aromatic nitrogens is 1. The van der Waals surface area contributed by atoms with Gasteiger partial charge < -0.3 is 9.73 Å². The maximum absolute atomic E-state index is 5.99. The maximum Gasteiger partial charge on any atom is 0.176 e. The van der Waals surface area contributed by atoms with Crippen LogP contribution in [0.3, 0.4) is 0 Å². The van der Waals surface area contributed by atoms with Crippen LogP contribution in [-0.2, 0) is 0 Å². The van der Waals surface area contributed by atoms with E-state index in [4.69, 9.17) is 9.40 Å². The Kier molecular flexibility index (Phi) is 4.85. The van der Waals surface area contributed by atoms with Crippen molar-refractivity contribution >= 4 is 16.8 Å². The number of aryl methyl sites for hydroxylation is 4. The minimum absolute atomic E-state index is 0.446. The quantitative estimate of drug-likeness (QED) is 0.591. The Balaban J connectivity index is 2.19. The molecular weight excluding hydrogens is 308 g/mol. The van der Waals surface area contributed by atoms with E-state index in [2.05, 4.69) is 58.1 Å². The van der Waals surface area contributed by atoms with Gasteiger partial charge >= 0.3 is 0 Å². The molecule has 0 amide bonds. The molecule has 0 atom stereocenters. The molecule has 0 radical (unpaired) electrons. The van der Waals surface area contributed by atoms with Crippen molar-refractivity contribution < 1.29 is 4.42 Å². The number of benzene rings is 1. The second-order valence-corrected chi connectivity index (χ2v) is 7.07. The number of pyridine rings is 1. The third-order valence-electron chi connectivity index (χ3n) is 4.94. The van der Waals surface area contributed by atoms with Crippen molar-refractivity contribution in [2.24, 2.45) is 0 Å². The number of nitrogens with zero attached hydrogens (tertiary/aromatic N) is 1. The lowest BCUT2D eigenvalue weighted by Gasteiger charge is -2.17. The van der Waals surface area contributed by atoms with Gasteiger partial charge in [-0.2, -0.15) is 0 Å². The first-order valence-corrected chi connectivity index (χ1v) is 9.18. The predicted molar refractivity (Wildman–Crippen MR) is 106 cm³/mol. The molecule has 0 fully saturated rings. The molecule has 25 heavy (non-hydrogen) atoms. The summed E-state index contributed by atoms with van der Waals surface area (Å²) in [5.74, 6) is 0. The molecule has 132 valence electrons. The largest absolute Gasteiger partial charge is 0.460 e. The van der Waals surface area contributed by atoms with Gasteiger partial charge in [0.15, 0.2) is 5.58 Å². The summed E-state index contributed by atoms with van der Waals surface area (Å²) in [6, 6.07) is 6.98. The molecule has 0 saturated carbocycles. The number of nitrogens with one attached hydrogen (secondary N) is 1. The van der Waals surface area contributed by atoms with Crippen molar-refractivity contribution in [3.05, 3.63) is 46.8 Å². The molecule has 0 aliphatic heterocycles. The minimum Gasteiger partial charge on any atom is -0.460 e. The number of anilines is 1. The highest BCUT2D eigenvalue weighted by Crippen LogP contribution is 2.37. The van der Waals surface area contributed by atoms with Crippen LogP contribution in [0.25, 0.3) is 22.2 Å². The van der Waals surface area contributed by atoms with E-state index in [-0.39, 0.29) is 0 Å². The first-order chi connectivity index (χ1) is 11.9. The van der Waals surface area contributed by atoms with E-state index >= 15 is 0 Å². The Morgan fingerprint density at radius 3 is 2.24 bits per heavy atom. The van der Waals surface area contributed by atoms with Crippen molar-refractivity contribution in [1.29, 1.82) is 0 Å². The molecule has 1 N–H and O–H groups in total. The van der Waals surface area contributed by atoms with E-state index in [1.807, 2.05) is 13.2 Å². The Morgan fingerprint density at radius 2 is 1.64 bits per heavy atom. The molecule has 0 bridgehead atoms. The summed E-state index contributed by atoms with van der Waals surface area (Å²) >= 11 is 0. The SMILES string of the molecule is CCC(CC)Nc1cc(C)nc2c(-c3c(C)cc(C)cc3C)coc12. The molecule has 2 heterocycles. The molecule has 1 aromatic carbocycles. The van der Waals surface area contributed by atoms with Gasteiger partial charge in [0.1, 0.15) is 11.8 Å². The fourth-order valence-corrected chi connectivity index (χ4v) is 3.74. The van der Waals surface area contributed by atoms with Gasteiger partial charge in [0, 0.05) is 17.3 Å². The molecule has 0 aliphatic carbocycles. The molecule has 0 unspecified atom stereocenters. The van der Waals surface area contributed by atoms with Gasteiger partial charge in [-0.3, -0.25) is 0 Å². The highest BCUT2D eigenvalue weighted by Gasteiger charge is 2.18. The molecule has 2 aromatic heterocycles. The van der Waals surface area contributed by atoms with Crippen LogP contribution in [0.5, 0.6) is 0 Å². The van der Waals surface area contributed by atoms with Gasteiger partial charge in [0.2, 0.25) is 0 Å². The minimum atomic E-state index is 0.446. The number of fused-ring (bicyclic) bond motifs is 1. The van der Waals surface area contributed by atoms with E-state index < -0.39 is 0 Å². The second kappa shape index (κ2) is 6.91. The summed E-state index contributed by atoms with van der Waals surface area (Å²) < 4.78 is 5.99. The smallest absolute Gasteiger partial charge is 0.176 e. The van der Waals surface area contributed by atoms with Crippen molar-refractivity contribution in [3.8, 4) is 11.1 Å². The first-order valence-electron chi connectivity index (χ1n) is 9.18. The van der Waals surface area contributed by atoms with Crippen LogP contribution in [0.1, 0.15) is 49.1 Å². The summed E-state index contributed by atoms with van der Waals surface area (Å²) in [6.45, 7) is 12.9. The summed E-state index contributed by atoms with van der Waals surface area (Å²) in [7, 11) is 0. The van der Waals surface area contributed by atoms with Crippen molar-refractivity contribution in [3.63, 3.8) is 0 Å². The van der Waals surface area contributed by atoms with Crippen molar-refractivity contribution in [1.82, 2.24) is 4.98 Å². The van der Waals surface area contributed by atoms with Crippen LogP contribution in [0.2, 0.25) is 0 Å². The van der Waals surface area contributed by atoms with E-state index in [1.54, 1.807) is 0 Å². The molecule has 0 aliphatic rings. The van der Waals surface area contributed by atoms with Gasteiger partial charge in [-0.15, -0.1) is 0 Å². The summed E-state index contributed by atoms with van der Waals surface area (Å²) in [5, 5.41) is 3.63. The van der Waals surface area contributed by atoms with Crippen LogP contribution in [0.15, 0.2) is 28.9 Å². The van der Waals surface area contributed by atoms with E-state index in [9.17, 15) is 0 Å². The molecule has 0 saturated heterocycles. The van der Waals surface area contributed by atoms with Crippen molar-refractivity contribution in [2.45, 2.75) is 60.4 Å². The monoisotopic (exact) mass is 336 g/mol. The van der Waals surface area contributed by atoms with Crippen LogP contribution >= 0.6 is 0 Å². The number of furan rings is 1. The molecule has 0 spiro atoms. The third kappa shape index (κ3) is 3.28. The average molecular weight is 336 g/mol. The Morgan fingerprint density at radius 1 is 1.00 bits per heavy atom. The highest BCUT2D eigenvalue weighted by atomic mass is 16.3. The van der Waals surface area contributed by atoms with Gasteiger partial charge in [-0.05, 0) is 63.3 Å². The first kappa shape index (κ1) is 17.5. The zero-order chi connectivity index (χ0) is 18.1. The lowest BCUT2D eigenvalue weighted by atomic mass is 9.94. The van der Waals surface area contributed by atoms with E-state index in [1.165, 1.54) is 22.3 Å². The third-order valence-corrected chi connectivity index (χ3v) is 4.94. The second-order valence-electron chi connectivity index (χ2n) is 7.07. The Labute approximate surface area is 150 Å². The van der Waals surface area contributed by atoms with Crippen LogP contribution in [0.4, 0.5) is 5.69 Å². The number of hydrogen-bond donors (Lipinski definition) is 1. The molecule has 3 heteroatoms. The normalized spacial score (nSPS) is 11.5. The lowest BCUT2D eigenvalue weighted by Crippen LogP contribution is -2.17. The van der Waals surface area contributed by atoms with E-state index in [0.717, 1.165) is 40.9 Å². The summed E-state index contributed by atoms with van der Waals surface area (Å²) in [5.41, 5.74) is 9.98. The zero-order valence-corrected chi connectivity index (χ0v) is 16.2. The van der Waals surface area contributed by atoms with Crippen LogP contribution < -0.4 is 5.32 Å². The summed E-state index contributed by atoms with van der Waals surface area (Å²) in [4.78, 5) is 4.80. The highest BCUT2D eigenvalue weighted by molar-refractivity contribution is 5.98. The standard InChI is InChI=1S/C22H28N2O/c1-7-17(8-2)24-19-11-16(6)23-21-18(12-25-22(19)21)20-14(4)9-13(3)10-15(20)5/h9-12,17H,7-8H2,1-6H3,(H,23,24).